The Kier molecular flexibility index (Phi) is 3.46. The number of hydrogen-bond acceptors (Lipinski definition) is 4. The van der Waals surface area contributed by atoms with Crippen molar-refractivity contribution in [3.63, 3.8) is 0 Å². The third-order valence-corrected chi connectivity index (χ3v) is 4.07. The smallest absolute Gasteiger partial charge is 0.164 e. The summed E-state index contributed by atoms with van der Waals surface area (Å²) in [5.74, 6) is 0.720. The highest BCUT2D eigenvalue weighted by molar-refractivity contribution is 6.29. The van der Waals surface area contributed by atoms with Gasteiger partial charge in [0.2, 0.25) is 0 Å². The van der Waals surface area contributed by atoms with Gasteiger partial charge in [0.1, 0.15) is 10.9 Å². The van der Waals surface area contributed by atoms with Crippen LogP contribution in [0.4, 0.5) is 0 Å². The zero-order chi connectivity index (χ0) is 16.7. The van der Waals surface area contributed by atoms with Crippen molar-refractivity contribution < 1.29 is 4.74 Å². The maximum Gasteiger partial charge on any atom is 0.164 e. The third kappa shape index (κ3) is 2.32. The molecule has 0 aliphatic heterocycles. The van der Waals surface area contributed by atoms with Crippen molar-refractivity contribution in [2.45, 2.75) is 6.92 Å². The van der Waals surface area contributed by atoms with Gasteiger partial charge in [0, 0.05) is 29.7 Å². The molecule has 1 aromatic carbocycles. The minimum Gasteiger partial charge on any atom is -0.496 e. The first-order chi connectivity index (χ1) is 11.7. The molecule has 4 aromatic rings. The molecule has 0 fully saturated rings. The molecule has 3 heterocycles. The first kappa shape index (κ1) is 14.7. The molecule has 24 heavy (non-hydrogen) atoms. The van der Waals surface area contributed by atoms with Gasteiger partial charge in [0.25, 0.3) is 0 Å². The molecule has 3 aromatic heterocycles. The number of aryl methyl sites for hydroxylation is 1. The Bertz CT molecular complexity index is 1020. The van der Waals surface area contributed by atoms with Crippen molar-refractivity contribution in [1.29, 1.82) is 0 Å². The lowest BCUT2D eigenvalue weighted by Gasteiger charge is -2.10. The van der Waals surface area contributed by atoms with Gasteiger partial charge in [-0.2, -0.15) is 10.2 Å². The zero-order valence-corrected chi connectivity index (χ0v) is 13.9. The van der Waals surface area contributed by atoms with Gasteiger partial charge in [-0.05, 0) is 31.2 Å². The normalized spacial score (nSPS) is 11.1. The SMILES string of the molecule is COc1cc(-n2cccn2)ccc1-c1cnn2c(Cl)cc(C)nc12. The van der Waals surface area contributed by atoms with Gasteiger partial charge in [0.15, 0.2) is 5.65 Å². The van der Waals surface area contributed by atoms with Crippen molar-refractivity contribution in [1.82, 2.24) is 24.4 Å². The van der Waals surface area contributed by atoms with E-state index in [2.05, 4.69) is 15.2 Å². The Morgan fingerprint density at radius 1 is 1.12 bits per heavy atom. The Labute approximate surface area is 143 Å². The fourth-order valence-corrected chi connectivity index (χ4v) is 2.98. The summed E-state index contributed by atoms with van der Waals surface area (Å²) in [6.07, 6.45) is 5.37. The van der Waals surface area contributed by atoms with Crippen LogP contribution in [-0.2, 0) is 0 Å². The summed E-state index contributed by atoms with van der Waals surface area (Å²) in [5, 5.41) is 9.10. The maximum absolute atomic E-state index is 6.25. The number of rotatable bonds is 3. The van der Waals surface area contributed by atoms with E-state index in [0.717, 1.165) is 28.3 Å². The van der Waals surface area contributed by atoms with Crippen LogP contribution in [0.1, 0.15) is 5.69 Å². The lowest BCUT2D eigenvalue weighted by atomic mass is 10.1. The second-order valence-corrected chi connectivity index (χ2v) is 5.74. The second kappa shape index (κ2) is 5.65. The maximum atomic E-state index is 6.25. The van der Waals surface area contributed by atoms with Gasteiger partial charge >= 0.3 is 0 Å². The van der Waals surface area contributed by atoms with Gasteiger partial charge in [-0.15, -0.1) is 0 Å². The summed E-state index contributed by atoms with van der Waals surface area (Å²) in [6, 6.07) is 9.55. The molecule has 0 aliphatic rings. The lowest BCUT2D eigenvalue weighted by molar-refractivity contribution is 0.416. The topological polar surface area (TPSA) is 57.2 Å². The number of halogens is 1. The number of methoxy groups -OCH3 is 1. The number of hydrogen-bond donors (Lipinski definition) is 0. The summed E-state index contributed by atoms with van der Waals surface area (Å²) < 4.78 is 8.97. The Morgan fingerprint density at radius 3 is 2.75 bits per heavy atom. The van der Waals surface area contributed by atoms with Crippen molar-refractivity contribution in [3.05, 3.63) is 59.8 Å². The minimum absolute atomic E-state index is 0.524. The monoisotopic (exact) mass is 339 g/mol. The van der Waals surface area contributed by atoms with Gasteiger partial charge in [-0.3, -0.25) is 0 Å². The molecular weight excluding hydrogens is 326 g/mol. The Morgan fingerprint density at radius 2 is 2.00 bits per heavy atom. The van der Waals surface area contributed by atoms with E-state index in [1.807, 2.05) is 37.4 Å². The number of nitrogens with zero attached hydrogens (tertiary/aromatic N) is 5. The molecule has 0 spiro atoms. The molecule has 7 heteroatoms. The van der Waals surface area contributed by atoms with Crippen molar-refractivity contribution in [2.75, 3.05) is 7.11 Å². The molecule has 0 bridgehead atoms. The molecule has 0 unspecified atom stereocenters. The zero-order valence-electron chi connectivity index (χ0n) is 13.1. The third-order valence-electron chi connectivity index (χ3n) is 3.80. The van der Waals surface area contributed by atoms with Crippen LogP contribution >= 0.6 is 11.6 Å². The van der Waals surface area contributed by atoms with Crippen LogP contribution in [0.5, 0.6) is 5.75 Å². The fraction of sp³-hybridized carbons (Fsp3) is 0.118. The molecule has 4 rings (SSSR count). The molecule has 0 aliphatic carbocycles. The summed E-state index contributed by atoms with van der Waals surface area (Å²) in [7, 11) is 1.64. The fourth-order valence-electron chi connectivity index (χ4n) is 2.70. The predicted octanol–water partition coefficient (Wildman–Crippen LogP) is 3.55. The van der Waals surface area contributed by atoms with Gasteiger partial charge in [0.05, 0.1) is 24.6 Å². The average Bonchev–Trinajstić information content (AvgIpc) is 3.24. The van der Waals surface area contributed by atoms with Crippen LogP contribution in [-0.4, -0.2) is 31.5 Å². The summed E-state index contributed by atoms with van der Waals surface area (Å²) in [5.41, 5.74) is 4.22. The van der Waals surface area contributed by atoms with Crippen molar-refractivity contribution in [3.8, 4) is 22.6 Å². The highest BCUT2D eigenvalue weighted by Crippen LogP contribution is 2.34. The van der Waals surface area contributed by atoms with Gasteiger partial charge in [-0.1, -0.05) is 11.6 Å². The quantitative estimate of drug-likeness (QED) is 0.536. The molecule has 0 saturated heterocycles. The summed E-state index contributed by atoms with van der Waals surface area (Å²) in [4.78, 5) is 4.56. The van der Waals surface area contributed by atoms with Crippen molar-refractivity contribution in [2.24, 2.45) is 0 Å². The van der Waals surface area contributed by atoms with E-state index in [1.165, 1.54) is 0 Å². The Balaban J connectivity index is 1.91. The molecule has 0 atom stereocenters. The van der Waals surface area contributed by atoms with Gasteiger partial charge < -0.3 is 4.74 Å². The number of aromatic nitrogens is 5. The number of ether oxygens (including phenoxy) is 1. The molecule has 0 N–H and O–H groups in total. The molecule has 0 radical (unpaired) electrons. The van der Waals surface area contributed by atoms with E-state index in [-0.39, 0.29) is 0 Å². The average molecular weight is 340 g/mol. The van der Waals surface area contributed by atoms with E-state index in [0.29, 0.717) is 10.8 Å². The predicted molar refractivity (Wildman–Crippen MR) is 91.8 cm³/mol. The van der Waals surface area contributed by atoms with E-state index >= 15 is 0 Å². The standard InChI is InChI=1S/C17H14ClN5O/c1-11-8-16(18)23-17(21-11)14(10-20-23)13-5-4-12(9-15(13)24-2)22-7-3-6-19-22/h3-10H,1-2H3. The first-order valence-corrected chi connectivity index (χ1v) is 7.74. The minimum atomic E-state index is 0.524. The molecule has 120 valence electrons. The van der Waals surface area contributed by atoms with Crippen molar-refractivity contribution >= 4 is 17.2 Å². The lowest BCUT2D eigenvalue weighted by Crippen LogP contribution is -1.97. The highest BCUT2D eigenvalue weighted by Gasteiger charge is 2.15. The summed E-state index contributed by atoms with van der Waals surface area (Å²) >= 11 is 6.25. The van der Waals surface area contributed by atoms with E-state index in [9.17, 15) is 0 Å². The number of benzene rings is 1. The molecular formula is C17H14ClN5O. The number of fused-ring (bicyclic) bond motifs is 1. The molecule has 0 amide bonds. The van der Waals surface area contributed by atoms with Crippen LogP contribution < -0.4 is 4.74 Å². The van der Waals surface area contributed by atoms with E-state index < -0.39 is 0 Å². The van der Waals surface area contributed by atoms with E-state index in [4.69, 9.17) is 16.3 Å². The molecule has 6 nitrogen and oxygen atoms in total. The van der Waals surface area contributed by atoms with Crippen LogP contribution in [0.25, 0.3) is 22.5 Å². The van der Waals surface area contributed by atoms with Crippen LogP contribution in [0.2, 0.25) is 5.15 Å². The largest absolute Gasteiger partial charge is 0.496 e. The van der Waals surface area contributed by atoms with Gasteiger partial charge in [-0.25, -0.2) is 14.2 Å². The Hall–Kier alpha value is -2.86. The summed E-state index contributed by atoms with van der Waals surface area (Å²) in [6.45, 7) is 1.90. The molecule has 0 saturated carbocycles. The van der Waals surface area contributed by atoms with Crippen LogP contribution in [0.3, 0.4) is 0 Å². The van der Waals surface area contributed by atoms with Crippen LogP contribution in [0, 0.1) is 6.92 Å². The first-order valence-electron chi connectivity index (χ1n) is 7.36. The van der Waals surface area contributed by atoms with E-state index in [1.54, 1.807) is 34.8 Å². The van der Waals surface area contributed by atoms with Crippen LogP contribution in [0.15, 0.2) is 48.9 Å². The highest BCUT2D eigenvalue weighted by atomic mass is 35.5. The second-order valence-electron chi connectivity index (χ2n) is 5.35.